The van der Waals surface area contributed by atoms with E-state index < -0.39 is 5.91 Å². The Bertz CT molecular complexity index is 477. The van der Waals surface area contributed by atoms with E-state index in [0.717, 1.165) is 10.2 Å². The number of fused-ring (bicyclic) bond motifs is 1. The predicted octanol–water partition coefficient (Wildman–Crippen LogP) is 2.01. The highest BCUT2D eigenvalue weighted by Gasteiger charge is 2.09. The van der Waals surface area contributed by atoms with Crippen molar-refractivity contribution in [2.45, 2.75) is 13.8 Å². The van der Waals surface area contributed by atoms with Crippen molar-refractivity contribution in [2.75, 3.05) is 0 Å². The van der Waals surface area contributed by atoms with Crippen LogP contribution in [0.1, 0.15) is 20.9 Å². The Hall–Kier alpha value is -1.42. The molecule has 0 saturated heterocycles. The van der Waals surface area contributed by atoms with Crippen LogP contribution in [0.4, 0.5) is 0 Å². The molecule has 0 spiro atoms. The summed E-state index contributed by atoms with van der Waals surface area (Å²) >= 11 is 1.34. The highest BCUT2D eigenvalue weighted by Crippen LogP contribution is 2.24. The summed E-state index contributed by atoms with van der Waals surface area (Å²) in [5, 5.41) is 0.380. The molecule has 4 heteroatoms. The number of amides is 1. The smallest absolute Gasteiger partial charge is 0.277 e. The van der Waals surface area contributed by atoms with Gasteiger partial charge in [-0.25, -0.2) is 4.98 Å². The molecule has 0 aliphatic rings. The van der Waals surface area contributed by atoms with E-state index in [-0.39, 0.29) is 0 Å². The van der Waals surface area contributed by atoms with Crippen molar-refractivity contribution >= 4 is 27.5 Å². The summed E-state index contributed by atoms with van der Waals surface area (Å²) in [6.07, 6.45) is 0. The monoisotopic (exact) mass is 206 g/mol. The van der Waals surface area contributed by atoms with Gasteiger partial charge in [-0.1, -0.05) is 0 Å². The molecule has 1 aromatic heterocycles. The van der Waals surface area contributed by atoms with E-state index in [1.165, 1.54) is 22.5 Å². The zero-order chi connectivity index (χ0) is 10.3. The van der Waals surface area contributed by atoms with Crippen LogP contribution in [0.2, 0.25) is 0 Å². The van der Waals surface area contributed by atoms with Gasteiger partial charge in [-0.15, -0.1) is 11.3 Å². The Kier molecular flexibility index (Phi) is 2.00. The van der Waals surface area contributed by atoms with Gasteiger partial charge in [0.05, 0.1) is 10.2 Å². The number of nitrogens with zero attached hydrogens (tertiary/aromatic N) is 1. The van der Waals surface area contributed by atoms with Crippen molar-refractivity contribution in [3.63, 3.8) is 0 Å². The molecule has 0 atom stereocenters. The van der Waals surface area contributed by atoms with Crippen molar-refractivity contribution in [1.82, 2.24) is 4.98 Å². The minimum Gasteiger partial charge on any atom is -0.364 e. The Morgan fingerprint density at radius 3 is 2.64 bits per heavy atom. The van der Waals surface area contributed by atoms with Gasteiger partial charge in [0.1, 0.15) is 0 Å². The first-order valence-electron chi connectivity index (χ1n) is 4.25. The van der Waals surface area contributed by atoms with Crippen LogP contribution in [-0.4, -0.2) is 10.9 Å². The first kappa shape index (κ1) is 9.15. The molecular weight excluding hydrogens is 196 g/mol. The van der Waals surface area contributed by atoms with E-state index in [2.05, 4.69) is 4.98 Å². The third-order valence-electron chi connectivity index (χ3n) is 2.21. The van der Waals surface area contributed by atoms with Gasteiger partial charge in [-0.05, 0) is 37.1 Å². The first-order chi connectivity index (χ1) is 6.58. The number of rotatable bonds is 1. The molecule has 1 heterocycles. The third kappa shape index (κ3) is 1.37. The molecule has 0 radical (unpaired) electrons. The lowest BCUT2D eigenvalue weighted by Gasteiger charge is -1.96. The van der Waals surface area contributed by atoms with Crippen molar-refractivity contribution in [2.24, 2.45) is 5.73 Å². The molecule has 0 bridgehead atoms. The molecule has 72 valence electrons. The maximum atomic E-state index is 10.9. The summed E-state index contributed by atoms with van der Waals surface area (Å²) in [5.41, 5.74) is 8.40. The van der Waals surface area contributed by atoms with Crippen molar-refractivity contribution < 1.29 is 4.79 Å². The van der Waals surface area contributed by atoms with Gasteiger partial charge < -0.3 is 5.73 Å². The quantitative estimate of drug-likeness (QED) is 0.776. The highest BCUT2D eigenvalue weighted by molar-refractivity contribution is 7.20. The number of primary amides is 1. The second-order valence-electron chi connectivity index (χ2n) is 3.29. The van der Waals surface area contributed by atoms with Crippen LogP contribution in [0.3, 0.4) is 0 Å². The van der Waals surface area contributed by atoms with Gasteiger partial charge in [-0.2, -0.15) is 0 Å². The SMILES string of the molecule is Cc1cc2nc(C(N)=O)sc2cc1C. The Balaban J connectivity index is 2.72. The molecule has 1 amide bonds. The molecule has 2 N–H and O–H groups in total. The second kappa shape index (κ2) is 3.06. The summed E-state index contributed by atoms with van der Waals surface area (Å²) in [7, 11) is 0. The number of benzene rings is 1. The van der Waals surface area contributed by atoms with Crippen molar-refractivity contribution in [3.05, 3.63) is 28.3 Å². The minimum atomic E-state index is -0.457. The van der Waals surface area contributed by atoms with E-state index in [4.69, 9.17) is 5.73 Å². The lowest BCUT2D eigenvalue weighted by molar-refractivity contribution is 0.1000. The molecule has 0 fully saturated rings. The Labute approximate surface area is 85.6 Å². The average Bonchev–Trinajstić information content (AvgIpc) is 2.48. The van der Waals surface area contributed by atoms with E-state index >= 15 is 0 Å². The number of nitrogens with two attached hydrogens (primary N) is 1. The molecule has 2 aromatic rings. The van der Waals surface area contributed by atoms with Crippen molar-refractivity contribution in [1.29, 1.82) is 0 Å². The number of carbonyl (C=O) groups excluding carboxylic acids is 1. The van der Waals surface area contributed by atoms with Gasteiger partial charge in [0.2, 0.25) is 0 Å². The average molecular weight is 206 g/mol. The fourth-order valence-corrected chi connectivity index (χ4v) is 2.18. The molecule has 3 nitrogen and oxygen atoms in total. The molecular formula is C10H10N2OS. The lowest BCUT2D eigenvalue weighted by atomic mass is 10.1. The van der Waals surface area contributed by atoms with E-state index in [1.807, 2.05) is 26.0 Å². The number of aryl methyl sites for hydroxylation is 2. The van der Waals surface area contributed by atoms with Gasteiger partial charge in [0.25, 0.3) is 5.91 Å². The van der Waals surface area contributed by atoms with Gasteiger partial charge in [0, 0.05) is 0 Å². The molecule has 0 unspecified atom stereocenters. The van der Waals surface area contributed by atoms with Gasteiger partial charge in [0.15, 0.2) is 5.01 Å². The number of hydrogen-bond acceptors (Lipinski definition) is 3. The molecule has 0 saturated carbocycles. The zero-order valence-electron chi connectivity index (χ0n) is 8.00. The summed E-state index contributed by atoms with van der Waals surface area (Å²) in [6, 6.07) is 4.02. The third-order valence-corrected chi connectivity index (χ3v) is 3.25. The van der Waals surface area contributed by atoms with Crippen LogP contribution in [0.25, 0.3) is 10.2 Å². The fraction of sp³-hybridized carbons (Fsp3) is 0.200. The number of carbonyl (C=O) groups is 1. The standard InChI is InChI=1S/C10H10N2OS/c1-5-3-7-8(4-6(5)2)14-10(12-7)9(11)13/h3-4H,1-2H3,(H2,11,13). The fourth-order valence-electron chi connectivity index (χ4n) is 1.29. The van der Waals surface area contributed by atoms with E-state index in [1.54, 1.807) is 0 Å². The van der Waals surface area contributed by atoms with Crippen molar-refractivity contribution in [3.8, 4) is 0 Å². The Morgan fingerprint density at radius 2 is 2.00 bits per heavy atom. The van der Waals surface area contributed by atoms with Gasteiger partial charge >= 0.3 is 0 Å². The largest absolute Gasteiger partial charge is 0.364 e. The normalized spacial score (nSPS) is 10.7. The van der Waals surface area contributed by atoms with E-state index in [0.29, 0.717) is 5.01 Å². The van der Waals surface area contributed by atoms with Crippen LogP contribution >= 0.6 is 11.3 Å². The molecule has 14 heavy (non-hydrogen) atoms. The predicted molar refractivity (Wildman–Crippen MR) is 57.6 cm³/mol. The maximum absolute atomic E-state index is 10.9. The number of thiazole rings is 1. The summed E-state index contributed by atoms with van der Waals surface area (Å²) in [6.45, 7) is 4.07. The summed E-state index contributed by atoms with van der Waals surface area (Å²) in [4.78, 5) is 15.1. The summed E-state index contributed by atoms with van der Waals surface area (Å²) in [5.74, 6) is -0.457. The van der Waals surface area contributed by atoms with Crippen LogP contribution in [-0.2, 0) is 0 Å². The molecule has 1 aromatic carbocycles. The number of aromatic nitrogens is 1. The molecule has 0 aliphatic carbocycles. The van der Waals surface area contributed by atoms with Crippen LogP contribution < -0.4 is 5.73 Å². The van der Waals surface area contributed by atoms with Crippen LogP contribution in [0, 0.1) is 13.8 Å². The van der Waals surface area contributed by atoms with E-state index in [9.17, 15) is 4.79 Å². The first-order valence-corrected chi connectivity index (χ1v) is 5.07. The topological polar surface area (TPSA) is 56.0 Å². The zero-order valence-corrected chi connectivity index (χ0v) is 8.81. The number of hydrogen-bond donors (Lipinski definition) is 1. The molecule has 2 rings (SSSR count). The summed E-state index contributed by atoms with van der Waals surface area (Å²) < 4.78 is 1.02. The minimum absolute atomic E-state index is 0.380. The second-order valence-corrected chi connectivity index (χ2v) is 4.32. The van der Waals surface area contributed by atoms with Crippen LogP contribution in [0.15, 0.2) is 12.1 Å². The Morgan fingerprint density at radius 1 is 1.36 bits per heavy atom. The lowest BCUT2D eigenvalue weighted by Crippen LogP contribution is -2.09. The highest BCUT2D eigenvalue weighted by atomic mass is 32.1. The van der Waals surface area contributed by atoms with Gasteiger partial charge in [-0.3, -0.25) is 4.79 Å². The van der Waals surface area contributed by atoms with Crippen LogP contribution in [0.5, 0.6) is 0 Å². The maximum Gasteiger partial charge on any atom is 0.277 e. The molecule has 0 aliphatic heterocycles.